The third kappa shape index (κ3) is 8.32. The van der Waals surface area contributed by atoms with Gasteiger partial charge in [-0.25, -0.2) is 4.79 Å². The zero-order valence-corrected chi connectivity index (χ0v) is 23.4. The topological polar surface area (TPSA) is 107 Å². The number of amides is 1. The van der Waals surface area contributed by atoms with Crippen LogP contribution in [0.3, 0.4) is 0 Å². The van der Waals surface area contributed by atoms with E-state index in [0.29, 0.717) is 29.5 Å². The molecule has 1 aromatic heterocycles. The molecule has 41 heavy (non-hydrogen) atoms. The number of pyridine rings is 1. The number of hydrogen-bond donors (Lipinski definition) is 2. The lowest BCUT2D eigenvalue weighted by molar-refractivity contribution is -0.145. The number of carboxylic acid groups (broad SMARTS) is 1. The summed E-state index contributed by atoms with van der Waals surface area (Å²) in [5, 5.41) is 12.5. The third-order valence-corrected chi connectivity index (χ3v) is 6.51. The van der Waals surface area contributed by atoms with E-state index >= 15 is 0 Å². The molecule has 3 aromatic carbocycles. The van der Waals surface area contributed by atoms with Crippen LogP contribution in [0.1, 0.15) is 41.3 Å². The number of methoxy groups -OCH3 is 1. The van der Waals surface area contributed by atoms with Crippen molar-refractivity contribution < 1.29 is 28.9 Å². The second kappa shape index (κ2) is 14.0. The highest BCUT2D eigenvalue weighted by Gasteiger charge is 2.20. The summed E-state index contributed by atoms with van der Waals surface area (Å²) >= 11 is 0. The van der Waals surface area contributed by atoms with Crippen molar-refractivity contribution >= 4 is 11.9 Å². The highest BCUT2D eigenvalue weighted by atomic mass is 16.5. The number of carboxylic acids is 1. The molecular formula is C33H34N2O6. The predicted octanol–water partition coefficient (Wildman–Crippen LogP) is 5.76. The molecule has 2 N–H and O–H groups in total. The van der Waals surface area contributed by atoms with Crippen LogP contribution in [0.4, 0.5) is 0 Å². The number of carbonyl (C=O) groups is 2. The molecule has 4 rings (SSSR count). The Morgan fingerprint density at radius 1 is 0.854 bits per heavy atom. The molecule has 1 atom stereocenters. The Labute approximate surface area is 239 Å². The Kier molecular flexibility index (Phi) is 9.94. The van der Waals surface area contributed by atoms with Gasteiger partial charge < -0.3 is 24.6 Å². The predicted molar refractivity (Wildman–Crippen MR) is 157 cm³/mol. The Morgan fingerprint density at radius 3 is 2.10 bits per heavy atom. The van der Waals surface area contributed by atoms with Crippen molar-refractivity contribution in [2.75, 3.05) is 20.3 Å². The first-order chi connectivity index (χ1) is 19.8. The van der Waals surface area contributed by atoms with Gasteiger partial charge in [0.25, 0.3) is 5.91 Å². The number of rotatable bonds is 13. The van der Waals surface area contributed by atoms with E-state index in [2.05, 4.69) is 24.1 Å². The van der Waals surface area contributed by atoms with Crippen molar-refractivity contribution in [3.63, 3.8) is 0 Å². The first-order valence-electron chi connectivity index (χ1n) is 13.4. The summed E-state index contributed by atoms with van der Waals surface area (Å²) in [6.45, 7) is 4.78. The average molecular weight is 555 g/mol. The molecule has 8 nitrogen and oxygen atoms in total. The van der Waals surface area contributed by atoms with E-state index in [1.54, 1.807) is 49.7 Å². The second-order valence-electron chi connectivity index (χ2n) is 9.78. The zero-order chi connectivity index (χ0) is 29.2. The van der Waals surface area contributed by atoms with Crippen LogP contribution in [0, 0.1) is 0 Å². The van der Waals surface area contributed by atoms with Gasteiger partial charge in [-0.2, -0.15) is 0 Å². The van der Waals surface area contributed by atoms with Crippen molar-refractivity contribution in [2.45, 2.75) is 32.3 Å². The lowest BCUT2D eigenvalue weighted by atomic mass is 10.0. The van der Waals surface area contributed by atoms with Crippen LogP contribution in [0.15, 0.2) is 91.1 Å². The van der Waals surface area contributed by atoms with Crippen molar-refractivity contribution in [3.05, 3.63) is 108 Å². The Bertz CT molecular complexity index is 1420. The van der Waals surface area contributed by atoms with Gasteiger partial charge in [0.05, 0.1) is 24.9 Å². The molecule has 0 radical (unpaired) electrons. The van der Waals surface area contributed by atoms with E-state index in [1.165, 1.54) is 0 Å². The number of nitrogens with zero attached hydrogens (tertiary/aromatic N) is 1. The summed E-state index contributed by atoms with van der Waals surface area (Å²) in [4.78, 5) is 28.7. The molecule has 0 fully saturated rings. The summed E-state index contributed by atoms with van der Waals surface area (Å²) < 4.78 is 16.6. The molecular weight excluding hydrogens is 520 g/mol. The number of aliphatic carboxylic acids is 1. The van der Waals surface area contributed by atoms with Gasteiger partial charge in [-0.3, -0.25) is 9.78 Å². The van der Waals surface area contributed by atoms with Gasteiger partial charge >= 0.3 is 5.97 Å². The normalized spacial score (nSPS) is 11.5. The maximum atomic E-state index is 12.5. The largest absolute Gasteiger partial charge is 0.497 e. The first kappa shape index (κ1) is 29.1. The van der Waals surface area contributed by atoms with Crippen molar-refractivity contribution in [2.24, 2.45) is 0 Å². The maximum Gasteiger partial charge on any atom is 0.345 e. The van der Waals surface area contributed by atoms with Crippen LogP contribution in [-0.4, -0.2) is 48.3 Å². The number of carbonyl (C=O) groups excluding carboxylic acids is 1. The molecule has 8 heteroatoms. The monoisotopic (exact) mass is 554 g/mol. The lowest BCUT2D eigenvalue weighted by Crippen LogP contribution is -2.29. The Morgan fingerprint density at radius 2 is 1.51 bits per heavy atom. The molecule has 0 aliphatic carbocycles. The molecule has 0 bridgehead atoms. The van der Waals surface area contributed by atoms with Gasteiger partial charge in [-0.15, -0.1) is 0 Å². The number of ether oxygens (including phenoxy) is 3. The van der Waals surface area contributed by atoms with Gasteiger partial charge in [-0.05, 0) is 77.7 Å². The van der Waals surface area contributed by atoms with E-state index < -0.39 is 12.1 Å². The minimum Gasteiger partial charge on any atom is -0.497 e. The van der Waals surface area contributed by atoms with E-state index in [4.69, 9.17) is 14.2 Å². The highest BCUT2D eigenvalue weighted by molar-refractivity contribution is 5.94. The third-order valence-electron chi connectivity index (χ3n) is 6.51. The number of nitrogens with one attached hydrogen (secondary N) is 1. The smallest absolute Gasteiger partial charge is 0.345 e. The van der Waals surface area contributed by atoms with E-state index in [9.17, 15) is 14.7 Å². The molecule has 0 aliphatic rings. The van der Waals surface area contributed by atoms with Crippen LogP contribution >= 0.6 is 0 Å². The lowest BCUT2D eigenvalue weighted by Gasteiger charge is -2.16. The minimum atomic E-state index is -1.03. The Hall–Kier alpha value is -4.85. The van der Waals surface area contributed by atoms with Gasteiger partial charge in [0.15, 0.2) is 6.10 Å². The standard InChI is InChI=1S/C33H34N2O6/c1-22(2)24-6-15-29(16-7-24)41-31(33(37)38)20-23-4-11-28(12-5-23)40-19-18-34-32(36)26-10-17-30(35-21-26)25-8-13-27(39-3)14-9-25/h4-17,21-22,31H,18-20H2,1-3H3,(H,34,36)(H,37,38). The maximum absolute atomic E-state index is 12.5. The fourth-order valence-electron chi connectivity index (χ4n) is 4.11. The summed E-state index contributed by atoms with van der Waals surface area (Å²) in [6, 6.07) is 25.7. The van der Waals surface area contributed by atoms with Crippen LogP contribution in [0.25, 0.3) is 11.3 Å². The highest BCUT2D eigenvalue weighted by Crippen LogP contribution is 2.22. The van der Waals surface area contributed by atoms with Gasteiger partial charge in [0, 0.05) is 18.2 Å². The number of benzene rings is 3. The summed E-state index contributed by atoms with van der Waals surface area (Å²) in [7, 11) is 1.62. The van der Waals surface area contributed by atoms with Crippen LogP contribution in [0.5, 0.6) is 17.2 Å². The number of aromatic nitrogens is 1. The van der Waals surface area contributed by atoms with Gasteiger partial charge in [0.1, 0.15) is 23.9 Å². The molecule has 1 unspecified atom stereocenters. The van der Waals surface area contributed by atoms with E-state index in [0.717, 1.165) is 28.1 Å². The van der Waals surface area contributed by atoms with Crippen molar-refractivity contribution in [1.82, 2.24) is 10.3 Å². The Balaban J connectivity index is 1.22. The van der Waals surface area contributed by atoms with Crippen LogP contribution in [0.2, 0.25) is 0 Å². The first-order valence-corrected chi connectivity index (χ1v) is 13.4. The molecule has 0 saturated heterocycles. The summed E-state index contributed by atoms with van der Waals surface area (Å²) in [5.74, 6) is 1.02. The molecule has 212 valence electrons. The van der Waals surface area contributed by atoms with E-state index in [1.807, 2.05) is 48.5 Å². The zero-order valence-electron chi connectivity index (χ0n) is 23.4. The fourth-order valence-corrected chi connectivity index (χ4v) is 4.11. The van der Waals surface area contributed by atoms with Crippen molar-refractivity contribution in [1.29, 1.82) is 0 Å². The summed E-state index contributed by atoms with van der Waals surface area (Å²) in [5.41, 5.74) is 4.12. The molecule has 1 heterocycles. The fraction of sp³-hybridized carbons (Fsp3) is 0.242. The van der Waals surface area contributed by atoms with Crippen LogP contribution in [-0.2, 0) is 11.2 Å². The van der Waals surface area contributed by atoms with E-state index in [-0.39, 0.29) is 18.9 Å². The quantitative estimate of drug-likeness (QED) is 0.202. The minimum absolute atomic E-state index is 0.211. The molecule has 1 amide bonds. The van der Waals surface area contributed by atoms with Crippen LogP contribution < -0.4 is 19.5 Å². The molecule has 0 spiro atoms. The second-order valence-corrected chi connectivity index (χ2v) is 9.78. The molecule has 0 aliphatic heterocycles. The summed E-state index contributed by atoms with van der Waals surface area (Å²) in [6.07, 6.45) is 0.744. The number of hydrogen-bond acceptors (Lipinski definition) is 6. The average Bonchev–Trinajstić information content (AvgIpc) is 3.00. The van der Waals surface area contributed by atoms with Crippen molar-refractivity contribution in [3.8, 4) is 28.5 Å². The SMILES string of the molecule is COc1ccc(-c2ccc(C(=O)NCCOc3ccc(CC(Oc4ccc(C(C)C)cc4)C(=O)O)cc3)cn2)cc1. The van der Waals surface area contributed by atoms with Gasteiger partial charge in [0.2, 0.25) is 0 Å². The molecule has 0 saturated carbocycles. The van der Waals surface area contributed by atoms with Gasteiger partial charge in [-0.1, -0.05) is 38.1 Å². The molecule has 4 aromatic rings.